The number of halogens is 2. The molecule has 0 spiro atoms. The predicted molar refractivity (Wildman–Crippen MR) is 70.6 cm³/mol. The Morgan fingerprint density at radius 1 is 1.17 bits per heavy atom. The summed E-state index contributed by atoms with van der Waals surface area (Å²) in [6.07, 6.45) is 0.232. The van der Waals surface area contributed by atoms with Gasteiger partial charge < -0.3 is 0 Å². The fourth-order valence-corrected chi connectivity index (χ4v) is 2.03. The maximum absolute atomic E-state index is 13.3. The minimum Gasteiger partial charge on any atom is -0.294 e. The molecule has 0 amide bonds. The third-order valence-corrected chi connectivity index (χ3v) is 3.25. The van der Waals surface area contributed by atoms with Crippen LogP contribution in [0.15, 0.2) is 42.5 Å². The van der Waals surface area contributed by atoms with Crippen molar-refractivity contribution in [3.8, 4) is 0 Å². The van der Waals surface area contributed by atoms with E-state index in [-0.39, 0.29) is 22.8 Å². The highest BCUT2D eigenvalue weighted by Gasteiger charge is 2.14. The lowest BCUT2D eigenvalue weighted by molar-refractivity contribution is 0.0992. The standard InChI is InChI=1S/C15H12ClFO/c1-10-5-2-3-6-11(10)9-14(18)12-7-4-8-13(17)15(12)16/h2-8H,9H2,1H3. The van der Waals surface area contributed by atoms with E-state index in [4.69, 9.17) is 11.6 Å². The number of carbonyl (C=O) groups is 1. The first kappa shape index (κ1) is 12.8. The van der Waals surface area contributed by atoms with Crippen LogP contribution in [0.2, 0.25) is 5.02 Å². The Bertz CT molecular complexity index is 593. The van der Waals surface area contributed by atoms with Crippen LogP contribution in [0.5, 0.6) is 0 Å². The zero-order valence-electron chi connectivity index (χ0n) is 9.91. The Kier molecular flexibility index (Phi) is 3.78. The maximum atomic E-state index is 13.3. The molecule has 18 heavy (non-hydrogen) atoms. The largest absolute Gasteiger partial charge is 0.294 e. The number of aryl methyl sites for hydroxylation is 1. The topological polar surface area (TPSA) is 17.1 Å². The van der Waals surface area contributed by atoms with Gasteiger partial charge in [-0.25, -0.2) is 4.39 Å². The number of Topliss-reactive ketones (excluding diaryl/α,β-unsaturated/α-hetero) is 1. The Labute approximate surface area is 110 Å². The fraction of sp³-hybridized carbons (Fsp3) is 0.133. The molecule has 0 bridgehead atoms. The molecule has 0 aromatic heterocycles. The molecule has 3 heteroatoms. The molecular weight excluding hydrogens is 251 g/mol. The quantitative estimate of drug-likeness (QED) is 0.757. The van der Waals surface area contributed by atoms with Crippen molar-refractivity contribution in [3.63, 3.8) is 0 Å². The predicted octanol–water partition coefficient (Wildman–Crippen LogP) is 4.21. The highest BCUT2D eigenvalue weighted by Crippen LogP contribution is 2.21. The molecule has 92 valence electrons. The van der Waals surface area contributed by atoms with Crippen molar-refractivity contribution in [2.75, 3.05) is 0 Å². The van der Waals surface area contributed by atoms with Gasteiger partial charge in [0.05, 0.1) is 5.02 Å². The Morgan fingerprint density at radius 2 is 1.89 bits per heavy atom. The van der Waals surface area contributed by atoms with E-state index in [1.807, 2.05) is 31.2 Å². The van der Waals surface area contributed by atoms with Crippen LogP contribution in [0.4, 0.5) is 4.39 Å². The summed E-state index contributed by atoms with van der Waals surface area (Å²) in [6, 6.07) is 11.9. The van der Waals surface area contributed by atoms with E-state index in [2.05, 4.69) is 0 Å². The van der Waals surface area contributed by atoms with Gasteiger partial charge in [0.15, 0.2) is 5.78 Å². The lowest BCUT2D eigenvalue weighted by Crippen LogP contribution is -2.06. The molecule has 2 aromatic rings. The molecule has 0 aliphatic rings. The molecule has 2 aromatic carbocycles. The molecule has 1 nitrogen and oxygen atoms in total. The van der Waals surface area contributed by atoms with Gasteiger partial charge in [0.2, 0.25) is 0 Å². The van der Waals surface area contributed by atoms with E-state index in [9.17, 15) is 9.18 Å². The third kappa shape index (κ3) is 2.59. The molecule has 0 aliphatic heterocycles. The van der Waals surface area contributed by atoms with Crippen molar-refractivity contribution in [3.05, 3.63) is 70.0 Å². The van der Waals surface area contributed by atoms with Crippen LogP contribution < -0.4 is 0 Å². The summed E-state index contributed by atoms with van der Waals surface area (Å²) < 4.78 is 13.3. The van der Waals surface area contributed by atoms with Crippen LogP contribution in [0.3, 0.4) is 0 Å². The second kappa shape index (κ2) is 5.32. The van der Waals surface area contributed by atoms with Gasteiger partial charge in [0.1, 0.15) is 5.82 Å². The highest BCUT2D eigenvalue weighted by molar-refractivity contribution is 6.34. The third-order valence-electron chi connectivity index (χ3n) is 2.86. The average molecular weight is 263 g/mol. The van der Waals surface area contributed by atoms with Gasteiger partial charge in [0.25, 0.3) is 0 Å². The van der Waals surface area contributed by atoms with Gasteiger partial charge in [-0.05, 0) is 30.2 Å². The second-order valence-corrected chi connectivity index (χ2v) is 4.51. The Morgan fingerprint density at radius 3 is 2.61 bits per heavy atom. The number of hydrogen-bond acceptors (Lipinski definition) is 1. The normalized spacial score (nSPS) is 10.4. The SMILES string of the molecule is Cc1ccccc1CC(=O)c1cccc(F)c1Cl. The summed E-state index contributed by atoms with van der Waals surface area (Å²) in [7, 11) is 0. The molecule has 0 atom stereocenters. The van der Waals surface area contributed by atoms with Gasteiger partial charge in [-0.15, -0.1) is 0 Å². The van der Waals surface area contributed by atoms with E-state index in [1.54, 1.807) is 6.07 Å². The van der Waals surface area contributed by atoms with E-state index >= 15 is 0 Å². The summed E-state index contributed by atoms with van der Waals surface area (Å²) >= 11 is 5.80. The molecule has 0 unspecified atom stereocenters. The molecule has 0 radical (unpaired) electrons. The van der Waals surface area contributed by atoms with E-state index in [0.29, 0.717) is 0 Å². The van der Waals surface area contributed by atoms with Gasteiger partial charge in [-0.1, -0.05) is 41.9 Å². The zero-order chi connectivity index (χ0) is 13.1. The van der Waals surface area contributed by atoms with Crippen molar-refractivity contribution in [2.24, 2.45) is 0 Å². The monoisotopic (exact) mass is 262 g/mol. The average Bonchev–Trinajstić information content (AvgIpc) is 2.35. The van der Waals surface area contributed by atoms with Crippen molar-refractivity contribution >= 4 is 17.4 Å². The number of rotatable bonds is 3. The van der Waals surface area contributed by atoms with Crippen LogP contribution in [-0.2, 0) is 6.42 Å². The molecule has 2 rings (SSSR count). The van der Waals surface area contributed by atoms with Crippen LogP contribution in [-0.4, -0.2) is 5.78 Å². The Hall–Kier alpha value is -1.67. The zero-order valence-corrected chi connectivity index (χ0v) is 10.7. The Balaban J connectivity index is 2.28. The molecule has 0 saturated carbocycles. The van der Waals surface area contributed by atoms with Gasteiger partial charge in [-0.3, -0.25) is 4.79 Å². The van der Waals surface area contributed by atoms with Gasteiger partial charge in [0, 0.05) is 12.0 Å². The maximum Gasteiger partial charge on any atom is 0.168 e. The summed E-state index contributed by atoms with van der Waals surface area (Å²) in [6.45, 7) is 1.94. The fourth-order valence-electron chi connectivity index (χ4n) is 1.80. The van der Waals surface area contributed by atoms with E-state index in [0.717, 1.165) is 11.1 Å². The molecule has 0 aliphatic carbocycles. The van der Waals surface area contributed by atoms with Crippen molar-refractivity contribution in [1.29, 1.82) is 0 Å². The number of hydrogen-bond donors (Lipinski definition) is 0. The second-order valence-electron chi connectivity index (χ2n) is 4.13. The molecule has 0 saturated heterocycles. The van der Waals surface area contributed by atoms with Crippen molar-refractivity contribution in [2.45, 2.75) is 13.3 Å². The van der Waals surface area contributed by atoms with Crippen LogP contribution in [0, 0.1) is 12.7 Å². The lowest BCUT2D eigenvalue weighted by Gasteiger charge is -2.06. The first-order valence-electron chi connectivity index (χ1n) is 5.61. The number of carbonyl (C=O) groups excluding carboxylic acids is 1. The van der Waals surface area contributed by atoms with Crippen molar-refractivity contribution < 1.29 is 9.18 Å². The first-order valence-corrected chi connectivity index (χ1v) is 5.99. The summed E-state index contributed by atoms with van der Waals surface area (Å²) in [5.74, 6) is -0.735. The van der Waals surface area contributed by atoms with Crippen LogP contribution >= 0.6 is 11.6 Å². The summed E-state index contributed by atoms with van der Waals surface area (Å²) in [5, 5.41) is -0.101. The minimum absolute atomic E-state index is 0.101. The van der Waals surface area contributed by atoms with Gasteiger partial charge in [-0.2, -0.15) is 0 Å². The molecule has 0 fully saturated rings. The number of ketones is 1. The number of benzene rings is 2. The molecule has 0 heterocycles. The smallest absolute Gasteiger partial charge is 0.168 e. The first-order chi connectivity index (χ1) is 8.59. The van der Waals surface area contributed by atoms with E-state index < -0.39 is 5.82 Å². The minimum atomic E-state index is -0.563. The van der Waals surface area contributed by atoms with Crippen molar-refractivity contribution in [1.82, 2.24) is 0 Å². The summed E-state index contributed by atoms with van der Waals surface area (Å²) in [4.78, 5) is 12.1. The molecular formula is C15H12ClFO. The van der Waals surface area contributed by atoms with Crippen LogP contribution in [0.25, 0.3) is 0 Å². The molecule has 0 N–H and O–H groups in total. The lowest BCUT2D eigenvalue weighted by atomic mass is 9.99. The van der Waals surface area contributed by atoms with E-state index in [1.165, 1.54) is 12.1 Å². The summed E-state index contributed by atoms with van der Waals surface area (Å²) in [5.41, 5.74) is 2.21. The van der Waals surface area contributed by atoms with Gasteiger partial charge >= 0.3 is 0 Å². The highest BCUT2D eigenvalue weighted by atomic mass is 35.5. The van der Waals surface area contributed by atoms with Crippen LogP contribution in [0.1, 0.15) is 21.5 Å².